The van der Waals surface area contributed by atoms with E-state index in [0.717, 1.165) is 18.4 Å². The summed E-state index contributed by atoms with van der Waals surface area (Å²) in [6, 6.07) is 7.38. The molecule has 1 saturated carbocycles. The molecule has 1 fully saturated rings. The zero-order chi connectivity index (χ0) is 15.2. The van der Waals surface area contributed by atoms with Crippen LogP contribution in [0.1, 0.15) is 44.2 Å². The Morgan fingerprint density at radius 1 is 1.33 bits per heavy atom. The van der Waals surface area contributed by atoms with Gasteiger partial charge in [0.05, 0.1) is 0 Å². The van der Waals surface area contributed by atoms with Crippen LogP contribution in [0.3, 0.4) is 0 Å². The third kappa shape index (κ3) is 4.64. The smallest absolute Gasteiger partial charge is 0.387 e. The number of nitrogens with two attached hydrogens (primary N) is 1. The molecule has 21 heavy (non-hydrogen) atoms. The summed E-state index contributed by atoms with van der Waals surface area (Å²) < 4.78 is 29.0. The lowest BCUT2D eigenvalue weighted by Gasteiger charge is -2.34. The molecule has 0 aliphatic heterocycles. The van der Waals surface area contributed by atoms with Gasteiger partial charge in [0.1, 0.15) is 5.75 Å². The molecule has 1 aromatic carbocycles. The first-order valence-corrected chi connectivity index (χ1v) is 7.61. The van der Waals surface area contributed by atoms with Crippen molar-refractivity contribution in [2.45, 2.75) is 51.3 Å². The fourth-order valence-corrected chi connectivity index (χ4v) is 3.09. The molecule has 1 aliphatic rings. The Bertz CT molecular complexity index is 442. The SMILES string of the molecule is CC(NC1CCCCC1CN)c1cccc(OC(F)F)c1. The maximum absolute atomic E-state index is 12.3. The molecule has 3 nitrogen and oxygen atoms in total. The number of nitrogens with one attached hydrogen (secondary N) is 1. The minimum Gasteiger partial charge on any atom is -0.435 e. The molecule has 0 radical (unpaired) electrons. The molecule has 118 valence electrons. The molecule has 1 aliphatic carbocycles. The molecule has 0 heterocycles. The predicted octanol–water partition coefficient (Wildman–Crippen LogP) is 3.46. The van der Waals surface area contributed by atoms with Crippen LogP contribution in [0, 0.1) is 5.92 Å². The fraction of sp³-hybridized carbons (Fsp3) is 0.625. The van der Waals surface area contributed by atoms with Gasteiger partial charge in [-0.05, 0) is 49.9 Å². The fourth-order valence-electron chi connectivity index (χ4n) is 3.09. The van der Waals surface area contributed by atoms with Gasteiger partial charge >= 0.3 is 6.61 Å². The van der Waals surface area contributed by atoms with Crippen LogP contribution < -0.4 is 15.8 Å². The van der Waals surface area contributed by atoms with Crippen molar-refractivity contribution in [3.63, 3.8) is 0 Å². The average Bonchev–Trinajstić information content (AvgIpc) is 2.47. The molecule has 2 rings (SSSR count). The highest BCUT2D eigenvalue weighted by molar-refractivity contribution is 5.30. The van der Waals surface area contributed by atoms with Crippen molar-refractivity contribution in [3.8, 4) is 5.75 Å². The summed E-state index contributed by atoms with van der Waals surface area (Å²) >= 11 is 0. The lowest BCUT2D eigenvalue weighted by Crippen LogP contribution is -2.42. The first-order valence-electron chi connectivity index (χ1n) is 7.61. The van der Waals surface area contributed by atoms with E-state index in [1.807, 2.05) is 13.0 Å². The summed E-state index contributed by atoms with van der Waals surface area (Å²) in [6.45, 7) is -0.0498. The highest BCUT2D eigenvalue weighted by Crippen LogP contribution is 2.27. The van der Waals surface area contributed by atoms with Gasteiger partial charge in [-0.2, -0.15) is 8.78 Å². The molecule has 3 N–H and O–H groups in total. The van der Waals surface area contributed by atoms with Crippen LogP contribution in [-0.2, 0) is 0 Å². The summed E-state index contributed by atoms with van der Waals surface area (Å²) in [5.74, 6) is 0.705. The van der Waals surface area contributed by atoms with Crippen LogP contribution in [0.15, 0.2) is 24.3 Å². The van der Waals surface area contributed by atoms with E-state index in [4.69, 9.17) is 5.73 Å². The molecule has 3 unspecified atom stereocenters. The topological polar surface area (TPSA) is 47.3 Å². The van der Waals surface area contributed by atoms with Gasteiger partial charge in [0.2, 0.25) is 0 Å². The second-order valence-electron chi connectivity index (χ2n) is 5.73. The molecule has 0 aromatic heterocycles. The van der Waals surface area contributed by atoms with Crippen LogP contribution in [0.2, 0.25) is 0 Å². The minimum absolute atomic E-state index is 0.0865. The van der Waals surface area contributed by atoms with Crippen LogP contribution in [0.4, 0.5) is 8.78 Å². The molecule has 5 heteroatoms. The molecule has 0 amide bonds. The van der Waals surface area contributed by atoms with Crippen molar-refractivity contribution in [2.75, 3.05) is 6.54 Å². The van der Waals surface area contributed by atoms with Gasteiger partial charge in [-0.1, -0.05) is 25.0 Å². The van der Waals surface area contributed by atoms with Gasteiger partial charge in [0.15, 0.2) is 0 Å². The number of hydrogen-bond donors (Lipinski definition) is 2. The molecule has 0 bridgehead atoms. The van der Waals surface area contributed by atoms with E-state index in [2.05, 4.69) is 10.1 Å². The van der Waals surface area contributed by atoms with E-state index in [-0.39, 0.29) is 11.8 Å². The number of hydrogen-bond acceptors (Lipinski definition) is 3. The third-order valence-corrected chi connectivity index (χ3v) is 4.26. The van der Waals surface area contributed by atoms with Crippen molar-refractivity contribution < 1.29 is 13.5 Å². The Morgan fingerprint density at radius 2 is 2.10 bits per heavy atom. The first kappa shape index (κ1) is 16.2. The monoisotopic (exact) mass is 298 g/mol. The second kappa shape index (κ2) is 7.71. The summed E-state index contributed by atoms with van der Waals surface area (Å²) in [7, 11) is 0. The van der Waals surface area contributed by atoms with E-state index in [1.165, 1.54) is 12.8 Å². The predicted molar refractivity (Wildman–Crippen MR) is 79.4 cm³/mol. The maximum Gasteiger partial charge on any atom is 0.387 e. The number of ether oxygens (including phenoxy) is 1. The third-order valence-electron chi connectivity index (χ3n) is 4.26. The Balaban J connectivity index is 2.00. The standard InChI is InChI=1S/C16H24F2N2O/c1-11(20-15-8-3-2-5-13(15)10-19)12-6-4-7-14(9-12)21-16(17)18/h4,6-7,9,11,13,15-16,20H,2-3,5,8,10,19H2,1H3. The quantitative estimate of drug-likeness (QED) is 0.845. The van der Waals surface area contributed by atoms with Gasteiger partial charge in [-0.3, -0.25) is 0 Å². The van der Waals surface area contributed by atoms with Crippen molar-refractivity contribution in [1.82, 2.24) is 5.32 Å². The molecule has 0 spiro atoms. The molecule has 0 saturated heterocycles. The molecular weight excluding hydrogens is 274 g/mol. The summed E-state index contributed by atoms with van der Waals surface area (Å²) in [4.78, 5) is 0. The van der Waals surface area contributed by atoms with E-state index >= 15 is 0 Å². The summed E-state index contributed by atoms with van der Waals surface area (Å²) in [5.41, 5.74) is 6.80. The highest BCUT2D eigenvalue weighted by atomic mass is 19.3. The van der Waals surface area contributed by atoms with Gasteiger partial charge in [-0.25, -0.2) is 0 Å². The zero-order valence-electron chi connectivity index (χ0n) is 12.4. The second-order valence-corrected chi connectivity index (χ2v) is 5.73. The summed E-state index contributed by atoms with van der Waals surface area (Å²) in [6.07, 6.45) is 4.75. The van der Waals surface area contributed by atoms with Crippen LogP contribution in [0.25, 0.3) is 0 Å². The number of rotatable bonds is 6. The normalized spacial score (nSPS) is 24.0. The van der Waals surface area contributed by atoms with E-state index in [0.29, 0.717) is 18.5 Å². The van der Waals surface area contributed by atoms with Crippen molar-refractivity contribution in [3.05, 3.63) is 29.8 Å². The summed E-state index contributed by atoms with van der Waals surface area (Å²) in [5, 5.41) is 3.59. The van der Waals surface area contributed by atoms with Crippen molar-refractivity contribution in [1.29, 1.82) is 0 Å². The minimum atomic E-state index is -2.79. The number of benzene rings is 1. The van der Waals surface area contributed by atoms with Gasteiger partial charge in [0, 0.05) is 12.1 Å². The van der Waals surface area contributed by atoms with Crippen LogP contribution in [-0.4, -0.2) is 19.2 Å². The van der Waals surface area contributed by atoms with Gasteiger partial charge in [-0.15, -0.1) is 0 Å². The average molecular weight is 298 g/mol. The van der Waals surface area contributed by atoms with Crippen LogP contribution in [0.5, 0.6) is 5.75 Å². The molecular formula is C16H24F2N2O. The van der Waals surface area contributed by atoms with E-state index in [9.17, 15) is 8.78 Å². The highest BCUT2D eigenvalue weighted by Gasteiger charge is 2.25. The lowest BCUT2D eigenvalue weighted by atomic mass is 9.84. The molecule has 3 atom stereocenters. The largest absolute Gasteiger partial charge is 0.435 e. The Hall–Kier alpha value is -1.20. The lowest BCUT2D eigenvalue weighted by molar-refractivity contribution is -0.0499. The van der Waals surface area contributed by atoms with E-state index in [1.54, 1.807) is 18.2 Å². The van der Waals surface area contributed by atoms with Gasteiger partial charge < -0.3 is 15.8 Å². The van der Waals surface area contributed by atoms with E-state index < -0.39 is 6.61 Å². The Labute approximate surface area is 124 Å². The van der Waals surface area contributed by atoms with Crippen molar-refractivity contribution >= 4 is 0 Å². The Morgan fingerprint density at radius 3 is 2.81 bits per heavy atom. The van der Waals surface area contributed by atoms with Crippen LogP contribution >= 0.6 is 0 Å². The number of halogens is 2. The Kier molecular flexibility index (Phi) is 5.94. The zero-order valence-corrected chi connectivity index (χ0v) is 12.4. The number of alkyl halides is 2. The van der Waals surface area contributed by atoms with Crippen molar-refractivity contribution in [2.24, 2.45) is 11.7 Å². The first-order chi connectivity index (χ1) is 10.1. The molecule has 1 aromatic rings. The van der Waals surface area contributed by atoms with Gasteiger partial charge in [0.25, 0.3) is 0 Å². The maximum atomic E-state index is 12.3.